The van der Waals surface area contributed by atoms with Crippen molar-refractivity contribution < 1.29 is 22.5 Å². The van der Waals surface area contributed by atoms with Crippen LogP contribution in [0.15, 0.2) is 53.3 Å². The Kier molecular flexibility index (Phi) is 4.80. The van der Waals surface area contributed by atoms with Crippen LogP contribution < -0.4 is 4.90 Å². The van der Waals surface area contributed by atoms with Gasteiger partial charge in [-0.15, -0.1) is 0 Å². The third-order valence-corrected chi connectivity index (χ3v) is 5.37. The molecule has 1 aliphatic heterocycles. The Morgan fingerprint density at radius 3 is 2.56 bits per heavy atom. The first kappa shape index (κ1) is 20.0. The van der Waals surface area contributed by atoms with E-state index < -0.39 is 12.1 Å². The second-order valence-corrected chi connectivity index (χ2v) is 7.38. The van der Waals surface area contributed by atoms with Crippen LogP contribution in [0.25, 0.3) is 22.3 Å². The fraction of sp³-hybridized carbons (Fsp3) is 0.238. The van der Waals surface area contributed by atoms with Crippen molar-refractivity contribution in [3.8, 4) is 11.4 Å². The summed E-state index contributed by atoms with van der Waals surface area (Å²) >= 11 is 0. The fourth-order valence-corrected chi connectivity index (χ4v) is 3.66. The average Bonchev–Trinajstić information content (AvgIpc) is 3.48. The van der Waals surface area contributed by atoms with Crippen LogP contribution in [-0.4, -0.2) is 57.1 Å². The molecule has 1 N–H and O–H groups in total. The molecule has 0 aliphatic carbocycles. The highest BCUT2D eigenvalue weighted by molar-refractivity contribution is 5.98. The van der Waals surface area contributed by atoms with Crippen LogP contribution in [0.2, 0.25) is 0 Å². The summed E-state index contributed by atoms with van der Waals surface area (Å²) in [5.74, 6) is -0.936. The number of piperazine rings is 1. The number of hydrogen-bond acceptors (Lipinski definition) is 6. The van der Waals surface area contributed by atoms with Gasteiger partial charge in [-0.05, 0) is 35.7 Å². The molecule has 0 atom stereocenters. The maximum absolute atomic E-state index is 12.9. The number of H-pyrrole nitrogens is 1. The molecule has 1 aliphatic rings. The summed E-state index contributed by atoms with van der Waals surface area (Å²) in [5.41, 5.74) is 1.87. The number of hydrogen-bond donors (Lipinski definition) is 1. The lowest BCUT2D eigenvalue weighted by Crippen LogP contribution is -2.49. The Hall–Kier alpha value is -3.89. The number of nitrogens with one attached hydrogen (secondary N) is 1. The molecule has 5 rings (SSSR count). The number of anilines is 1. The molecular weight excluding hydrogens is 425 g/mol. The minimum Gasteiger partial charge on any atom is -0.361 e. The molecule has 1 fully saturated rings. The molecule has 1 amide bonds. The second kappa shape index (κ2) is 7.66. The zero-order chi connectivity index (χ0) is 22.3. The van der Waals surface area contributed by atoms with Gasteiger partial charge >= 0.3 is 12.1 Å². The largest absolute Gasteiger partial charge is 0.471 e. The van der Waals surface area contributed by atoms with Crippen LogP contribution in [-0.2, 0) is 6.18 Å². The number of nitrogens with zero attached hydrogens (tertiary/aromatic N) is 5. The highest BCUT2D eigenvalue weighted by Gasteiger charge is 2.38. The minimum atomic E-state index is -4.69. The third kappa shape index (κ3) is 3.77. The van der Waals surface area contributed by atoms with Gasteiger partial charge < -0.3 is 19.3 Å². The zero-order valence-corrected chi connectivity index (χ0v) is 16.6. The lowest BCUT2D eigenvalue weighted by Gasteiger charge is -2.35. The van der Waals surface area contributed by atoms with Gasteiger partial charge in [-0.3, -0.25) is 4.79 Å². The molecule has 3 aromatic heterocycles. The van der Waals surface area contributed by atoms with E-state index in [1.165, 1.54) is 6.20 Å². The quantitative estimate of drug-likeness (QED) is 0.522. The van der Waals surface area contributed by atoms with Crippen molar-refractivity contribution in [2.75, 3.05) is 31.1 Å². The topological polar surface area (TPSA) is 91.2 Å². The van der Waals surface area contributed by atoms with Crippen molar-refractivity contribution >= 4 is 22.6 Å². The van der Waals surface area contributed by atoms with Gasteiger partial charge in [0.05, 0.1) is 0 Å². The third-order valence-electron chi connectivity index (χ3n) is 5.37. The molecule has 0 spiro atoms. The first-order chi connectivity index (χ1) is 15.4. The van der Waals surface area contributed by atoms with Crippen LogP contribution in [0.4, 0.5) is 19.0 Å². The SMILES string of the molecule is O=C(c1ccc2cc[nH]c2c1)N1CCN(c2ccc(-c3noc(C(F)(F)F)n3)cn2)CC1. The zero-order valence-electron chi connectivity index (χ0n) is 16.6. The normalized spacial score (nSPS) is 14.8. The van der Waals surface area contributed by atoms with Crippen molar-refractivity contribution in [3.63, 3.8) is 0 Å². The van der Waals surface area contributed by atoms with E-state index in [0.29, 0.717) is 43.1 Å². The van der Waals surface area contributed by atoms with Crippen molar-refractivity contribution in [1.82, 2.24) is 25.0 Å². The predicted octanol–water partition coefficient (Wildman–Crippen LogP) is 3.59. The highest BCUT2D eigenvalue weighted by atomic mass is 19.4. The second-order valence-electron chi connectivity index (χ2n) is 7.38. The number of alkyl halides is 3. The standard InChI is InChI=1S/C21H17F3N6O2/c22-21(23,24)20-27-18(28-32-20)15-3-4-17(26-12-15)29-7-9-30(10-8-29)19(31)14-2-1-13-5-6-25-16(13)11-14/h1-6,11-12,25H,7-10H2. The molecule has 4 heterocycles. The number of rotatable bonds is 3. The Morgan fingerprint density at radius 1 is 1.06 bits per heavy atom. The van der Waals surface area contributed by atoms with Gasteiger partial charge in [0.2, 0.25) is 5.82 Å². The highest BCUT2D eigenvalue weighted by Crippen LogP contribution is 2.29. The van der Waals surface area contributed by atoms with E-state index in [1.807, 2.05) is 35.4 Å². The number of aromatic nitrogens is 4. The molecule has 0 bridgehead atoms. The van der Waals surface area contributed by atoms with Gasteiger partial charge in [-0.25, -0.2) is 4.98 Å². The number of carbonyl (C=O) groups excluding carboxylic acids is 1. The Morgan fingerprint density at radius 2 is 1.88 bits per heavy atom. The number of carbonyl (C=O) groups is 1. The first-order valence-corrected chi connectivity index (χ1v) is 9.87. The van der Waals surface area contributed by atoms with Gasteiger partial charge in [0.1, 0.15) is 5.82 Å². The lowest BCUT2D eigenvalue weighted by molar-refractivity contribution is -0.159. The van der Waals surface area contributed by atoms with E-state index >= 15 is 0 Å². The summed E-state index contributed by atoms with van der Waals surface area (Å²) in [7, 11) is 0. The van der Waals surface area contributed by atoms with Crippen molar-refractivity contribution in [3.05, 3.63) is 60.2 Å². The van der Waals surface area contributed by atoms with Gasteiger partial charge in [-0.1, -0.05) is 11.2 Å². The monoisotopic (exact) mass is 442 g/mol. The summed E-state index contributed by atoms with van der Waals surface area (Å²) in [5, 5.41) is 4.41. The number of fused-ring (bicyclic) bond motifs is 1. The molecule has 8 nitrogen and oxygen atoms in total. The molecule has 32 heavy (non-hydrogen) atoms. The van der Waals surface area contributed by atoms with E-state index in [4.69, 9.17) is 0 Å². The summed E-state index contributed by atoms with van der Waals surface area (Å²) < 4.78 is 42.1. The van der Waals surface area contributed by atoms with E-state index in [0.717, 1.165) is 10.9 Å². The van der Waals surface area contributed by atoms with Crippen LogP contribution in [0.3, 0.4) is 0 Å². The Bertz CT molecular complexity index is 1260. The number of pyridine rings is 1. The Labute approximate surface area is 179 Å². The summed E-state index contributed by atoms with van der Waals surface area (Å²) in [6, 6.07) is 10.8. The lowest BCUT2D eigenvalue weighted by atomic mass is 10.1. The number of benzene rings is 1. The van der Waals surface area contributed by atoms with Crippen molar-refractivity contribution in [2.45, 2.75) is 6.18 Å². The fourth-order valence-electron chi connectivity index (χ4n) is 3.66. The maximum Gasteiger partial charge on any atom is 0.471 e. The van der Waals surface area contributed by atoms with Crippen LogP contribution in [0, 0.1) is 0 Å². The predicted molar refractivity (Wildman–Crippen MR) is 109 cm³/mol. The van der Waals surface area contributed by atoms with Gasteiger partial charge in [0.15, 0.2) is 0 Å². The van der Waals surface area contributed by atoms with Crippen molar-refractivity contribution in [2.24, 2.45) is 0 Å². The molecule has 1 aromatic carbocycles. The molecule has 1 saturated heterocycles. The minimum absolute atomic E-state index is 0.0259. The van der Waals surface area contributed by atoms with Crippen LogP contribution in [0.1, 0.15) is 16.2 Å². The van der Waals surface area contributed by atoms with Gasteiger partial charge in [0, 0.05) is 55.2 Å². The van der Waals surface area contributed by atoms with E-state index in [1.54, 1.807) is 17.0 Å². The molecular formula is C21H17F3N6O2. The summed E-state index contributed by atoms with van der Waals surface area (Å²) in [6.45, 7) is 2.24. The average molecular weight is 442 g/mol. The molecule has 164 valence electrons. The number of amides is 1. The van der Waals surface area contributed by atoms with Crippen molar-refractivity contribution in [1.29, 1.82) is 0 Å². The summed E-state index contributed by atoms with van der Waals surface area (Å²) in [6.07, 6.45) is -1.45. The Balaban J connectivity index is 1.23. The number of aromatic amines is 1. The summed E-state index contributed by atoms with van der Waals surface area (Å²) in [4.78, 5) is 27.5. The van der Waals surface area contributed by atoms with E-state index in [2.05, 4.69) is 24.6 Å². The maximum atomic E-state index is 12.9. The number of halogens is 3. The first-order valence-electron chi connectivity index (χ1n) is 9.87. The molecule has 0 unspecified atom stereocenters. The van der Waals surface area contributed by atoms with Crippen LogP contribution >= 0.6 is 0 Å². The molecule has 4 aromatic rings. The van der Waals surface area contributed by atoms with Crippen LogP contribution in [0.5, 0.6) is 0 Å². The van der Waals surface area contributed by atoms with Gasteiger partial charge in [0.25, 0.3) is 5.91 Å². The smallest absolute Gasteiger partial charge is 0.361 e. The van der Waals surface area contributed by atoms with E-state index in [-0.39, 0.29) is 11.7 Å². The van der Waals surface area contributed by atoms with E-state index in [9.17, 15) is 18.0 Å². The molecule has 0 radical (unpaired) electrons. The molecule has 0 saturated carbocycles. The van der Waals surface area contributed by atoms with Gasteiger partial charge in [-0.2, -0.15) is 18.2 Å². The molecule has 11 heteroatoms.